The zero-order valence-electron chi connectivity index (χ0n) is 40.6. The number of aliphatic hydroxyl groups is 5. The van der Waals surface area contributed by atoms with Gasteiger partial charge in [0, 0.05) is 44.5 Å². The van der Waals surface area contributed by atoms with Crippen LogP contribution >= 0.6 is 0 Å². The summed E-state index contributed by atoms with van der Waals surface area (Å²) in [5.41, 5.74) is -3.67. The van der Waals surface area contributed by atoms with Gasteiger partial charge in [0.1, 0.15) is 35.8 Å². The molecule has 3 aliphatic heterocycles. The van der Waals surface area contributed by atoms with E-state index in [1.165, 1.54) is 14.0 Å². The van der Waals surface area contributed by atoms with Crippen LogP contribution in [0, 0.1) is 17.8 Å². The molecule has 364 valence electrons. The molecule has 1 aromatic rings. The van der Waals surface area contributed by atoms with Crippen LogP contribution in [-0.4, -0.2) is 180 Å². The number of rotatable bonds is 12. The lowest BCUT2D eigenvalue weighted by Gasteiger charge is -2.49. The molecule has 3 saturated heterocycles. The second-order valence-electron chi connectivity index (χ2n) is 19.8. The molecule has 1 unspecified atom stereocenters. The first kappa shape index (κ1) is 53.6. The molecule has 0 aromatic heterocycles. The predicted octanol–water partition coefficient (Wildman–Crippen LogP) is 3.49. The average Bonchev–Trinajstić information content (AvgIpc) is 3.21. The first-order chi connectivity index (χ1) is 29.3. The Morgan fingerprint density at radius 1 is 0.921 bits per heavy atom. The lowest BCUT2D eigenvalue weighted by Crippen LogP contribution is -2.61. The number of cyclic esters (lactones) is 1. The van der Waals surface area contributed by atoms with Crippen LogP contribution in [0.4, 0.5) is 0 Å². The van der Waals surface area contributed by atoms with Crippen molar-refractivity contribution in [1.29, 1.82) is 0 Å². The van der Waals surface area contributed by atoms with E-state index in [0.29, 0.717) is 18.7 Å². The molecule has 3 fully saturated rings. The van der Waals surface area contributed by atoms with Crippen molar-refractivity contribution in [1.82, 2.24) is 9.80 Å². The fourth-order valence-electron chi connectivity index (χ4n) is 10.1. The van der Waals surface area contributed by atoms with Gasteiger partial charge in [-0.1, -0.05) is 32.9 Å². The lowest BCUT2D eigenvalue weighted by atomic mass is 9.77. The summed E-state index contributed by atoms with van der Waals surface area (Å²) in [5.74, 6) is -2.05. The maximum atomic E-state index is 14.5. The van der Waals surface area contributed by atoms with E-state index < -0.39 is 102 Å². The number of likely N-dealkylation sites (N-methyl/N-ethyl adjacent to an activating group) is 2. The highest BCUT2D eigenvalue weighted by atomic mass is 16.7. The molecule has 63 heavy (non-hydrogen) atoms. The summed E-state index contributed by atoms with van der Waals surface area (Å²) in [6.45, 7) is 18.1. The van der Waals surface area contributed by atoms with E-state index in [0.717, 1.165) is 5.56 Å². The van der Waals surface area contributed by atoms with Crippen molar-refractivity contribution >= 4 is 5.97 Å². The summed E-state index contributed by atoms with van der Waals surface area (Å²) in [4.78, 5) is 18.4. The molecule has 3 aliphatic rings. The molecule has 0 aliphatic carbocycles. The highest BCUT2D eigenvalue weighted by Gasteiger charge is 2.53. The van der Waals surface area contributed by atoms with Gasteiger partial charge in [-0.15, -0.1) is 0 Å². The molecular formula is C47H82N2O14. The number of ether oxygens (including phenoxy) is 8. The Balaban J connectivity index is 1.84. The van der Waals surface area contributed by atoms with E-state index in [-0.39, 0.29) is 43.7 Å². The number of nitrogens with zero attached hydrogens (tertiary/aromatic N) is 2. The molecule has 4 rings (SSSR count). The summed E-state index contributed by atoms with van der Waals surface area (Å²) >= 11 is 0. The van der Waals surface area contributed by atoms with Gasteiger partial charge in [0.25, 0.3) is 0 Å². The van der Waals surface area contributed by atoms with E-state index in [2.05, 4.69) is 0 Å². The zero-order valence-corrected chi connectivity index (χ0v) is 40.6. The Hall–Kier alpha value is -2.03. The lowest BCUT2D eigenvalue weighted by molar-refractivity contribution is -0.331. The fourth-order valence-corrected chi connectivity index (χ4v) is 10.1. The Labute approximate surface area is 376 Å². The van der Waals surface area contributed by atoms with Gasteiger partial charge in [-0.25, -0.2) is 0 Å². The van der Waals surface area contributed by atoms with Crippen LogP contribution in [-0.2, 0) is 44.4 Å². The molecule has 0 saturated carbocycles. The molecule has 0 bridgehead atoms. The highest BCUT2D eigenvalue weighted by Crippen LogP contribution is 2.41. The van der Waals surface area contributed by atoms with Gasteiger partial charge in [0.15, 0.2) is 18.9 Å². The number of esters is 1. The van der Waals surface area contributed by atoms with Crippen molar-refractivity contribution in [2.45, 2.75) is 198 Å². The number of benzene rings is 1. The predicted molar refractivity (Wildman–Crippen MR) is 236 cm³/mol. The van der Waals surface area contributed by atoms with E-state index in [9.17, 15) is 30.3 Å². The van der Waals surface area contributed by atoms with Gasteiger partial charge in [0.05, 0.1) is 48.6 Å². The van der Waals surface area contributed by atoms with Crippen molar-refractivity contribution in [2.75, 3.05) is 41.9 Å². The van der Waals surface area contributed by atoms with Crippen molar-refractivity contribution < 1.29 is 68.2 Å². The summed E-state index contributed by atoms with van der Waals surface area (Å²) in [5, 5.41) is 59.0. The van der Waals surface area contributed by atoms with Crippen LogP contribution in [0.3, 0.4) is 0 Å². The summed E-state index contributed by atoms with van der Waals surface area (Å²) < 4.78 is 50.5. The number of hydrogen-bond donors (Lipinski definition) is 5. The Morgan fingerprint density at radius 2 is 1.56 bits per heavy atom. The minimum Gasteiger partial charge on any atom is -0.497 e. The Kier molecular flexibility index (Phi) is 18.9. The first-order valence-electron chi connectivity index (χ1n) is 22.8. The van der Waals surface area contributed by atoms with Crippen LogP contribution in [0.15, 0.2) is 24.3 Å². The van der Waals surface area contributed by atoms with E-state index in [1.807, 2.05) is 76.0 Å². The van der Waals surface area contributed by atoms with Crippen LogP contribution in [0.2, 0.25) is 0 Å². The third kappa shape index (κ3) is 12.9. The molecule has 19 atom stereocenters. The van der Waals surface area contributed by atoms with E-state index in [4.69, 9.17) is 37.9 Å². The molecule has 0 spiro atoms. The Bertz CT molecular complexity index is 1570. The van der Waals surface area contributed by atoms with Gasteiger partial charge in [-0.05, 0) is 112 Å². The van der Waals surface area contributed by atoms with Crippen LogP contribution < -0.4 is 4.74 Å². The fraction of sp³-hybridized carbons (Fsp3) is 0.851. The van der Waals surface area contributed by atoms with Crippen molar-refractivity contribution in [3.8, 4) is 5.75 Å². The highest BCUT2D eigenvalue weighted by molar-refractivity contribution is 5.73. The monoisotopic (exact) mass is 899 g/mol. The van der Waals surface area contributed by atoms with Gasteiger partial charge in [-0.3, -0.25) is 4.79 Å². The SMILES string of the molecule is CC[C@H]1OC(=O)[C@H](C)[C@@H](O[C@H]2C[C@@](C)(OC)[C@@H](O)[C@H](C)O2)[C@H](C)[C@@H](O[C@@H]2O[C@H](C)C[C@H](N(C)C)[C@H]2OC(O)Cc2ccc(OC)cc2)[C@](C)(O)C[C@@H](C)CN(C)[C@H](C)[C@@H](O)[C@]1(C)O. The quantitative estimate of drug-likeness (QED) is 0.151. The Morgan fingerprint density at radius 3 is 2.13 bits per heavy atom. The number of hydrogen-bond acceptors (Lipinski definition) is 16. The molecule has 3 heterocycles. The molecule has 16 heteroatoms. The number of carbonyl (C=O) groups excluding carboxylic acids is 1. The number of carbonyl (C=O) groups is 1. The second kappa shape index (κ2) is 22.2. The summed E-state index contributed by atoms with van der Waals surface area (Å²) in [6, 6.07) is 6.52. The smallest absolute Gasteiger partial charge is 0.311 e. The molecule has 0 amide bonds. The zero-order chi connectivity index (χ0) is 47.4. The third-order valence-corrected chi connectivity index (χ3v) is 14.1. The van der Waals surface area contributed by atoms with E-state index >= 15 is 0 Å². The summed E-state index contributed by atoms with van der Waals surface area (Å²) in [7, 11) is 8.80. The van der Waals surface area contributed by atoms with Crippen molar-refractivity contribution in [2.24, 2.45) is 17.8 Å². The summed E-state index contributed by atoms with van der Waals surface area (Å²) in [6.07, 6.45) is -9.47. The van der Waals surface area contributed by atoms with Crippen LogP contribution in [0.1, 0.15) is 100 Å². The van der Waals surface area contributed by atoms with Crippen molar-refractivity contribution in [3.63, 3.8) is 0 Å². The molecular weight excluding hydrogens is 817 g/mol. The minimum absolute atomic E-state index is 0.109. The maximum absolute atomic E-state index is 14.5. The minimum atomic E-state index is -1.83. The third-order valence-electron chi connectivity index (χ3n) is 14.1. The first-order valence-corrected chi connectivity index (χ1v) is 22.8. The molecule has 5 N–H and O–H groups in total. The average molecular weight is 899 g/mol. The molecule has 0 radical (unpaired) electrons. The largest absolute Gasteiger partial charge is 0.497 e. The molecule has 16 nitrogen and oxygen atoms in total. The molecule has 1 aromatic carbocycles. The van der Waals surface area contributed by atoms with E-state index in [1.54, 1.807) is 48.7 Å². The number of methoxy groups -OCH3 is 2. The van der Waals surface area contributed by atoms with Gasteiger partial charge < -0.3 is 73.2 Å². The topological polar surface area (TPSA) is 199 Å². The van der Waals surface area contributed by atoms with Gasteiger partial charge >= 0.3 is 5.97 Å². The normalized spacial score (nSPS) is 43.4. The maximum Gasteiger partial charge on any atom is 0.311 e. The van der Waals surface area contributed by atoms with Crippen molar-refractivity contribution in [3.05, 3.63) is 29.8 Å². The standard InChI is InChI=1S/C47H82N2O14/c1-16-35-47(10,55)40(51)30(6)49(13)25-26(2)23-45(8,54)42(28(4)38(29(5)43(53)60-35)62-37-24-46(9,57-15)41(52)31(7)59-37)63-44-39(34(48(11)12)21-27(3)58-44)61-36(50)22-32-17-19-33(56-14)20-18-32/h17-20,26-31,34-42,44,50-52,54-55H,16,21-25H2,1-15H3/t26-,27-,28+,29-,30-,31+,34+,35-,36?,37+,38+,39-,40-,41+,42-,44+,45-,46-,47-/m1/s1. The van der Waals surface area contributed by atoms with Gasteiger partial charge in [-0.2, -0.15) is 0 Å². The van der Waals surface area contributed by atoms with Gasteiger partial charge in [0.2, 0.25) is 0 Å². The second-order valence-corrected chi connectivity index (χ2v) is 19.8. The number of aliphatic hydroxyl groups excluding tert-OH is 3. The van der Waals surface area contributed by atoms with Crippen LogP contribution in [0.25, 0.3) is 0 Å². The van der Waals surface area contributed by atoms with Crippen LogP contribution in [0.5, 0.6) is 5.75 Å².